The molecule has 1 heterocycles. The predicted molar refractivity (Wildman–Crippen MR) is 111 cm³/mol. The molecule has 0 aromatic heterocycles. The van der Waals surface area contributed by atoms with Crippen LogP contribution in [0.15, 0.2) is 63.8 Å². The third-order valence-electron chi connectivity index (χ3n) is 4.41. The number of aryl methyl sites for hydroxylation is 1. The highest BCUT2D eigenvalue weighted by atomic mass is 79.9. The summed E-state index contributed by atoms with van der Waals surface area (Å²) >= 11 is 9.71. The largest absolute Gasteiger partial charge is 0.465 e. The Hall–Kier alpha value is -2.37. The van der Waals surface area contributed by atoms with Gasteiger partial charge in [0.05, 0.1) is 23.9 Å². The SMILES string of the molecule is COC(=O)C1=C(C)N(c2ccc(C)c(Cl)c2)C(=O)/C1=C\c1ccccc1Br. The molecule has 0 radical (unpaired) electrons. The number of allylic oxidation sites excluding steroid dienone is 1. The lowest BCUT2D eigenvalue weighted by Crippen LogP contribution is -2.24. The molecule has 0 N–H and O–H groups in total. The van der Waals surface area contributed by atoms with E-state index in [-0.39, 0.29) is 17.1 Å². The molecule has 2 aromatic carbocycles. The second kappa shape index (κ2) is 7.71. The molecule has 1 aliphatic heterocycles. The molecule has 1 amide bonds. The first kappa shape index (κ1) is 19.4. The number of carbonyl (C=O) groups is 2. The van der Waals surface area contributed by atoms with E-state index >= 15 is 0 Å². The molecule has 4 nitrogen and oxygen atoms in total. The molecule has 3 rings (SSSR count). The summed E-state index contributed by atoms with van der Waals surface area (Å²) in [6.07, 6.45) is 1.69. The summed E-state index contributed by atoms with van der Waals surface area (Å²) in [4.78, 5) is 27.1. The van der Waals surface area contributed by atoms with Crippen LogP contribution in [0.3, 0.4) is 0 Å². The Balaban J connectivity index is 2.17. The Bertz CT molecular complexity index is 1010. The number of hydrogen-bond donors (Lipinski definition) is 0. The van der Waals surface area contributed by atoms with Crippen molar-refractivity contribution in [3.8, 4) is 0 Å². The first-order valence-electron chi connectivity index (χ1n) is 8.21. The lowest BCUT2D eigenvalue weighted by atomic mass is 10.0. The van der Waals surface area contributed by atoms with Crippen LogP contribution in [0, 0.1) is 6.92 Å². The van der Waals surface area contributed by atoms with Crippen molar-refractivity contribution in [3.05, 3.63) is 79.9 Å². The molecule has 0 atom stereocenters. The molecule has 0 saturated carbocycles. The van der Waals surface area contributed by atoms with Crippen molar-refractivity contribution in [1.82, 2.24) is 0 Å². The zero-order valence-electron chi connectivity index (χ0n) is 15.0. The Morgan fingerprint density at radius 2 is 1.89 bits per heavy atom. The molecule has 0 bridgehead atoms. The zero-order valence-corrected chi connectivity index (χ0v) is 17.4. The topological polar surface area (TPSA) is 46.6 Å². The Labute approximate surface area is 171 Å². The van der Waals surface area contributed by atoms with E-state index in [0.29, 0.717) is 16.4 Å². The van der Waals surface area contributed by atoms with Crippen molar-refractivity contribution in [1.29, 1.82) is 0 Å². The van der Waals surface area contributed by atoms with Gasteiger partial charge < -0.3 is 4.74 Å². The number of anilines is 1. The Morgan fingerprint density at radius 1 is 1.19 bits per heavy atom. The summed E-state index contributed by atoms with van der Waals surface area (Å²) in [5, 5.41) is 0.552. The molecule has 0 spiro atoms. The molecular weight excluding hydrogens is 430 g/mol. The van der Waals surface area contributed by atoms with Crippen LogP contribution in [0.4, 0.5) is 5.69 Å². The second-order valence-electron chi connectivity index (χ2n) is 6.11. The average molecular weight is 447 g/mol. The number of methoxy groups -OCH3 is 1. The summed E-state index contributed by atoms with van der Waals surface area (Å²) in [7, 11) is 1.30. The third kappa shape index (κ3) is 3.57. The average Bonchev–Trinajstić information content (AvgIpc) is 2.89. The first-order chi connectivity index (χ1) is 12.8. The van der Waals surface area contributed by atoms with Crippen molar-refractivity contribution >= 4 is 51.2 Å². The summed E-state index contributed by atoms with van der Waals surface area (Å²) in [5.41, 5.74) is 3.33. The molecule has 0 saturated heterocycles. The number of ether oxygens (including phenoxy) is 1. The van der Waals surface area contributed by atoms with Crippen molar-refractivity contribution < 1.29 is 14.3 Å². The standard InChI is InChI=1S/C21H17BrClNO3/c1-12-8-9-15(11-18(12)23)24-13(2)19(21(26)27-3)16(20(24)25)10-14-6-4-5-7-17(14)22/h4-11H,1-3H3/b16-10-. The van der Waals surface area contributed by atoms with Gasteiger partial charge in [-0.05, 0) is 49.2 Å². The lowest BCUT2D eigenvalue weighted by molar-refractivity contribution is -0.136. The Kier molecular flexibility index (Phi) is 5.53. The third-order valence-corrected chi connectivity index (χ3v) is 5.54. The minimum Gasteiger partial charge on any atom is -0.465 e. The van der Waals surface area contributed by atoms with Crippen LogP contribution in [0.25, 0.3) is 6.08 Å². The highest BCUT2D eigenvalue weighted by molar-refractivity contribution is 9.10. The summed E-state index contributed by atoms with van der Waals surface area (Å²) < 4.78 is 5.75. The highest BCUT2D eigenvalue weighted by Crippen LogP contribution is 2.37. The van der Waals surface area contributed by atoms with Crippen LogP contribution in [0.5, 0.6) is 0 Å². The van der Waals surface area contributed by atoms with Gasteiger partial charge in [-0.1, -0.05) is 51.8 Å². The van der Waals surface area contributed by atoms with Gasteiger partial charge in [0.1, 0.15) is 0 Å². The predicted octanol–water partition coefficient (Wildman–Crippen LogP) is 5.29. The summed E-state index contributed by atoms with van der Waals surface area (Å²) in [5.74, 6) is -0.858. The van der Waals surface area contributed by atoms with Gasteiger partial charge in [-0.25, -0.2) is 4.79 Å². The van der Waals surface area contributed by atoms with Crippen LogP contribution >= 0.6 is 27.5 Å². The van der Waals surface area contributed by atoms with Crippen molar-refractivity contribution in [3.63, 3.8) is 0 Å². The molecule has 0 fully saturated rings. The van der Waals surface area contributed by atoms with E-state index in [0.717, 1.165) is 15.6 Å². The van der Waals surface area contributed by atoms with E-state index < -0.39 is 5.97 Å². The molecule has 0 aliphatic carbocycles. The zero-order chi connectivity index (χ0) is 19.7. The van der Waals surface area contributed by atoms with Crippen LogP contribution in [-0.4, -0.2) is 19.0 Å². The molecule has 27 heavy (non-hydrogen) atoms. The van der Waals surface area contributed by atoms with Gasteiger partial charge in [-0.3, -0.25) is 9.69 Å². The minimum atomic E-state index is -0.556. The maximum Gasteiger partial charge on any atom is 0.340 e. The number of hydrogen-bond acceptors (Lipinski definition) is 3. The van der Waals surface area contributed by atoms with E-state index in [2.05, 4.69) is 15.9 Å². The number of carbonyl (C=O) groups excluding carboxylic acids is 2. The number of nitrogens with zero attached hydrogens (tertiary/aromatic N) is 1. The Morgan fingerprint density at radius 3 is 2.52 bits per heavy atom. The number of benzene rings is 2. The summed E-state index contributed by atoms with van der Waals surface area (Å²) in [6.45, 7) is 3.61. The van der Waals surface area contributed by atoms with Crippen LogP contribution < -0.4 is 4.90 Å². The normalized spacial score (nSPS) is 15.7. The second-order valence-corrected chi connectivity index (χ2v) is 7.37. The molecule has 6 heteroatoms. The first-order valence-corrected chi connectivity index (χ1v) is 9.38. The minimum absolute atomic E-state index is 0.245. The van der Waals surface area contributed by atoms with Gasteiger partial charge in [-0.2, -0.15) is 0 Å². The van der Waals surface area contributed by atoms with Crippen molar-refractivity contribution in [2.45, 2.75) is 13.8 Å². The molecular formula is C21H17BrClNO3. The smallest absolute Gasteiger partial charge is 0.340 e. The van der Waals surface area contributed by atoms with Gasteiger partial charge >= 0.3 is 5.97 Å². The van der Waals surface area contributed by atoms with Crippen LogP contribution in [0.2, 0.25) is 5.02 Å². The molecule has 2 aromatic rings. The van der Waals surface area contributed by atoms with Gasteiger partial charge in [0.2, 0.25) is 0 Å². The van der Waals surface area contributed by atoms with Gasteiger partial charge in [0, 0.05) is 15.2 Å². The summed E-state index contributed by atoms with van der Waals surface area (Å²) in [6, 6.07) is 12.8. The number of halogens is 2. The lowest BCUT2D eigenvalue weighted by Gasteiger charge is -2.18. The fourth-order valence-corrected chi connectivity index (χ4v) is 3.53. The van der Waals surface area contributed by atoms with E-state index in [4.69, 9.17) is 16.3 Å². The van der Waals surface area contributed by atoms with Crippen molar-refractivity contribution in [2.24, 2.45) is 0 Å². The fraction of sp³-hybridized carbons (Fsp3) is 0.143. The number of amides is 1. The van der Waals surface area contributed by atoms with E-state index in [1.807, 2.05) is 37.3 Å². The van der Waals surface area contributed by atoms with Gasteiger partial charge in [0.25, 0.3) is 5.91 Å². The van der Waals surface area contributed by atoms with Crippen LogP contribution in [0.1, 0.15) is 18.1 Å². The van der Waals surface area contributed by atoms with Gasteiger partial charge in [0.15, 0.2) is 0 Å². The monoisotopic (exact) mass is 445 g/mol. The van der Waals surface area contributed by atoms with E-state index in [1.54, 1.807) is 25.1 Å². The maximum absolute atomic E-state index is 13.2. The maximum atomic E-state index is 13.2. The van der Waals surface area contributed by atoms with Crippen LogP contribution in [-0.2, 0) is 14.3 Å². The molecule has 0 unspecified atom stereocenters. The molecule has 138 valence electrons. The van der Waals surface area contributed by atoms with E-state index in [1.165, 1.54) is 12.0 Å². The number of esters is 1. The quantitative estimate of drug-likeness (QED) is 0.475. The van der Waals surface area contributed by atoms with E-state index in [9.17, 15) is 9.59 Å². The highest BCUT2D eigenvalue weighted by Gasteiger charge is 2.38. The fourth-order valence-electron chi connectivity index (χ4n) is 2.96. The van der Waals surface area contributed by atoms with Crippen molar-refractivity contribution in [2.75, 3.05) is 12.0 Å². The number of rotatable bonds is 3. The molecule has 1 aliphatic rings. The van der Waals surface area contributed by atoms with Gasteiger partial charge in [-0.15, -0.1) is 0 Å².